The summed E-state index contributed by atoms with van der Waals surface area (Å²) in [6.45, 7) is 0. The van der Waals surface area contributed by atoms with E-state index in [0.717, 1.165) is 11.4 Å². The second-order valence-corrected chi connectivity index (χ2v) is 15.7. The fraction of sp³-hybridized carbons (Fsp3) is 0.0385. The molecule has 0 saturated heterocycles. The summed E-state index contributed by atoms with van der Waals surface area (Å²) < 4.78 is 2.41. The van der Waals surface area contributed by atoms with Gasteiger partial charge < -0.3 is 9.47 Å². The maximum atomic E-state index is 2.49. The summed E-state index contributed by atoms with van der Waals surface area (Å²) in [6.07, 6.45) is 6.96. The molecule has 8 aromatic carbocycles. The van der Waals surface area contributed by atoms with Crippen molar-refractivity contribution in [3.63, 3.8) is 0 Å². The van der Waals surface area contributed by atoms with Crippen LogP contribution >= 0.6 is 11.8 Å². The van der Waals surface area contributed by atoms with E-state index in [1.165, 1.54) is 76.7 Å². The van der Waals surface area contributed by atoms with E-state index in [2.05, 4.69) is 216 Å². The normalized spacial score (nSPS) is 16.0. The molecule has 260 valence electrons. The molecule has 2 nitrogen and oxygen atoms in total. The van der Waals surface area contributed by atoms with Crippen LogP contribution in [-0.2, 0) is 0 Å². The Morgan fingerprint density at radius 2 is 1.13 bits per heavy atom. The van der Waals surface area contributed by atoms with E-state index >= 15 is 0 Å². The van der Waals surface area contributed by atoms with Crippen LogP contribution in [0.2, 0.25) is 0 Å². The van der Waals surface area contributed by atoms with Crippen molar-refractivity contribution in [1.82, 2.24) is 4.57 Å². The number of para-hydroxylation sites is 1. The summed E-state index contributed by atoms with van der Waals surface area (Å²) in [5.41, 5.74) is 13.4. The molecule has 0 amide bonds. The number of fused-ring (bicyclic) bond motifs is 7. The van der Waals surface area contributed by atoms with E-state index in [9.17, 15) is 0 Å². The zero-order valence-electron chi connectivity index (χ0n) is 30.1. The van der Waals surface area contributed by atoms with Crippen LogP contribution in [0.3, 0.4) is 0 Å². The van der Waals surface area contributed by atoms with Crippen molar-refractivity contribution in [2.75, 3.05) is 4.90 Å². The van der Waals surface area contributed by atoms with Gasteiger partial charge in [0.1, 0.15) is 0 Å². The topological polar surface area (TPSA) is 8.17 Å². The van der Waals surface area contributed by atoms with E-state index in [4.69, 9.17) is 0 Å². The first-order valence-corrected chi connectivity index (χ1v) is 19.9. The van der Waals surface area contributed by atoms with Crippen molar-refractivity contribution < 1.29 is 0 Å². The monoisotopic (exact) mass is 720 g/mol. The highest BCUT2D eigenvalue weighted by Crippen LogP contribution is 2.53. The second-order valence-electron chi connectivity index (χ2n) is 14.5. The number of hydrogen-bond acceptors (Lipinski definition) is 2. The average molecular weight is 721 g/mol. The average Bonchev–Trinajstić information content (AvgIpc) is 3.79. The molecule has 55 heavy (non-hydrogen) atoms. The molecule has 0 bridgehead atoms. The summed E-state index contributed by atoms with van der Waals surface area (Å²) in [5.74, 6) is 0.249. The maximum absolute atomic E-state index is 2.49. The Balaban J connectivity index is 1.07. The molecule has 0 fully saturated rings. The lowest BCUT2D eigenvalue weighted by atomic mass is 9.87. The molecular weight excluding hydrogens is 685 g/mol. The van der Waals surface area contributed by atoms with Gasteiger partial charge in [0.2, 0.25) is 0 Å². The van der Waals surface area contributed by atoms with Gasteiger partial charge in [0.05, 0.1) is 11.0 Å². The van der Waals surface area contributed by atoms with Crippen molar-refractivity contribution in [2.45, 2.75) is 16.1 Å². The highest BCUT2D eigenvalue weighted by Gasteiger charge is 2.38. The fourth-order valence-electron chi connectivity index (χ4n) is 8.74. The molecule has 2 aliphatic rings. The summed E-state index contributed by atoms with van der Waals surface area (Å²) in [4.78, 5) is 3.87. The summed E-state index contributed by atoms with van der Waals surface area (Å²) in [6, 6.07) is 68.9. The van der Waals surface area contributed by atoms with Crippen molar-refractivity contribution in [2.24, 2.45) is 0 Å². The molecule has 3 heteroatoms. The summed E-state index contributed by atoms with van der Waals surface area (Å²) in [5, 5.41) is 5.37. The number of allylic oxidation sites excluding steroid dienone is 3. The van der Waals surface area contributed by atoms with Crippen molar-refractivity contribution >= 4 is 55.7 Å². The molecule has 2 unspecified atom stereocenters. The van der Waals surface area contributed by atoms with Gasteiger partial charge >= 0.3 is 0 Å². The molecule has 11 rings (SSSR count). The van der Waals surface area contributed by atoms with Crippen LogP contribution in [0, 0.1) is 0 Å². The second kappa shape index (κ2) is 13.1. The predicted molar refractivity (Wildman–Crippen MR) is 234 cm³/mol. The van der Waals surface area contributed by atoms with Gasteiger partial charge in [-0.2, -0.15) is 0 Å². The Hall–Kier alpha value is -6.55. The van der Waals surface area contributed by atoms with Crippen molar-refractivity contribution in [3.05, 3.63) is 218 Å². The predicted octanol–water partition coefficient (Wildman–Crippen LogP) is 14.1. The number of aromatic nitrogens is 1. The zero-order chi connectivity index (χ0) is 36.3. The van der Waals surface area contributed by atoms with Crippen LogP contribution in [0.25, 0.3) is 60.5 Å². The third-order valence-corrected chi connectivity index (χ3v) is 12.6. The van der Waals surface area contributed by atoms with Gasteiger partial charge in [-0.25, -0.2) is 0 Å². The molecule has 1 aromatic heterocycles. The summed E-state index contributed by atoms with van der Waals surface area (Å²) in [7, 11) is 0. The van der Waals surface area contributed by atoms with Gasteiger partial charge in [-0.3, -0.25) is 0 Å². The lowest BCUT2D eigenvalue weighted by Crippen LogP contribution is -2.26. The van der Waals surface area contributed by atoms with Crippen LogP contribution in [0.4, 0.5) is 11.4 Å². The van der Waals surface area contributed by atoms with Gasteiger partial charge in [-0.05, 0) is 111 Å². The first kappa shape index (κ1) is 31.9. The Labute approximate surface area is 325 Å². The van der Waals surface area contributed by atoms with E-state index in [0.29, 0.717) is 5.25 Å². The standard InChI is InChI=1S/C52H36N2S/c1-3-13-35(14-4-1)36-25-28-42(29-26-36)53(48-22-12-24-51-52(48)44-21-9-10-23-50(44)55-51)43-20-11-17-37(31-43)40-27-30-47-45(33-40)46-32-38-15-7-8-16-39(38)34-49(46)54(47)41-18-5-2-6-19-41/h1-34,51-52H. The summed E-state index contributed by atoms with van der Waals surface area (Å²) >= 11 is 1.98. The number of rotatable bonds is 6. The lowest BCUT2D eigenvalue weighted by Gasteiger charge is -2.35. The molecular formula is C52H36N2S. The smallest absolute Gasteiger partial charge is 0.0547 e. The van der Waals surface area contributed by atoms with Crippen LogP contribution in [0.1, 0.15) is 11.5 Å². The minimum absolute atomic E-state index is 0.249. The van der Waals surface area contributed by atoms with E-state index in [-0.39, 0.29) is 5.92 Å². The first-order chi connectivity index (χ1) is 27.3. The largest absolute Gasteiger partial charge is 0.314 e. The number of thioether (sulfide) groups is 1. The molecule has 0 radical (unpaired) electrons. The van der Waals surface area contributed by atoms with Crippen LogP contribution in [-0.4, -0.2) is 9.82 Å². The Bertz CT molecular complexity index is 2960. The van der Waals surface area contributed by atoms with Crippen molar-refractivity contribution in [3.8, 4) is 27.9 Å². The Morgan fingerprint density at radius 3 is 1.96 bits per heavy atom. The maximum Gasteiger partial charge on any atom is 0.0547 e. The van der Waals surface area contributed by atoms with Crippen LogP contribution < -0.4 is 4.90 Å². The SMILES string of the molecule is C1=CC2Sc3ccccc3C2C(N(c2ccc(-c3ccccc3)cc2)c2cccc(-c3ccc4c(c3)c3cc5ccccc5cc3n4-c3ccccc3)c2)=C1. The Morgan fingerprint density at radius 1 is 0.473 bits per heavy atom. The number of benzene rings is 8. The molecule has 0 N–H and O–H groups in total. The first-order valence-electron chi connectivity index (χ1n) is 19.0. The van der Waals surface area contributed by atoms with Gasteiger partial charge in [0.15, 0.2) is 0 Å². The van der Waals surface area contributed by atoms with Gasteiger partial charge in [0.25, 0.3) is 0 Å². The zero-order valence-corrected chi connectivity index (χ0v) is 30.9. The Kier molecular flexibility index (Phi) is 7.60. The lowest BCUT2D eigenvalue weighted by molar-refractivity contribution is 0.795. The van der Waals surface area contributed by atoms with E-state index < -0.39 is 0 Å². The number of nitrogens with zero attached hydrogens (tertiary/aromatic N) is 2. The minimum Gasteiger partial charge on any atom is -0.314 e. The third-order valence-electron chi connectivity index (χ3n) is 11.3. The van der Waals surface area contributed by atoms with Crippen LogP contribution in [0.15, 0.2) is 217 Å². The highest BCUT2D eigenvalue weighted by atomic mass is 32.2. The van der Waals surface area contributed by atoms with Crippen molar-refractivity contribution in [1.29, 1.82) is 0 Å². The molecule has 1 aliphatic heterocycles. The van der Waals surface area contributed by atoms with Gasteiger partial charge in [0, 0.05) is 49.6 Å². The molecule has 2 heterocycles. The molecule has 2 atom stereocenters. The molecule has 0 saturated carbocycles. The minimum atomic E-state index is 0.249. The van der Waals surface area contributed by atoms with Gasteiger partial charge in [-0.15, -0.1) is 11.8 Å². The van der Waals surface area contributed by atoms with Gasteiger partial charge in [-0.1, -0.05) is 133 Å². The molecule has 9 aromatic rings. The van der Waals surface area contributed by atoms with Crippen LogP contribution in [0.5, 0.6) is 0 Å². The quantitative estimate of drug-likeness (QED) is 0.169. The third kappa shape index (κ3) is 5.42. The number of anilines is 2. The van der Waals surface area contributed by atoms with E-state index in [1.54, 1.807) is 0 Å². The van der Waals surface area contributed by atoms with E-state index in [1.807, 2.05) is 11.8 Å². The fourth-order valence-corrected chi connectivity index (χ4v) is 10.1. The highest BCUT2D eigenvalue weighted by molar-refractivity contribution is 8.00. The molecule has 0 spiro atoms. The number of hydrogen-bond donors (Lipinski definition) is 0. The molecule has 1 aliphatic carbocycles.